The van der Waals surface area contributed by atoms with Gasteiger partial charge in [-0.25, -0.2) is 0 Å². The van der Waals surface area contributed by atoms with E-state index in [1.165, 1.54) is 12.8 Å². The van der Waals surface area contributed by atoms with Gasteiger partial charge in [0.15, 0.2) is 0 Å². The first kappa shape index (κ1) is 10.6. The molecule has 0 aliphatic heterocycles. The summed E-state index contributed by atoms with van der Waals surface area (Å²) in [6, 6.07) is 2.30. The second-order valence-electron chi connectivity index (χ2n) is 4.59. The summed E-state index contributed by atoms with van der Waals surface area (Å²) in [6.45, 7) is 3.43. The molecule has 15 heavy (non-hydrogen) atoms. The molecular formula is C11H19N3O. The summed E-state index contributed by atoms with van der Waals surface area (Å²) in [6.07, 6.45) is 5.19. The third-order valence-electron chi connectivity index (χ3n) is 3.37. The zero-order valence-corrected chi connectivity index (χ0v) is 9.16. The van der Waals surface area contributed by atoms with Crippen LogP contribution in [0.5, 0.6) is 0 Å². The highest BCUT2D eigenvalue weighted by Crippen LogP contribution is 2.48. The minimum absolute atomic E-state index is 0.306. The summed E-state index contributed by atoms with van der Waals surface area (Å²) in [7, 11) is 0. The minimum Gasteiger partial charge on any atom is -0.396 e. The van der Waals surface area contributed by atoms with Crippen molar-refractivity contribution in [2.45, 2.75) is 32.2 Å². The number of rotatable bonds is 6. The first-order chi connectivity index (χ1) is 7.26. The fraction of sp³-hybridized carbons (Fsp3) is 0.727. The number of hydrogen-bond acceptors (Lipinski definition) is 3. The zero-order chi connectivity index (χ0) is 10.7. The van der Waals surface area contributed by atoms with E-state index >= 15 is 0 Å². The molecule has 1 aromatic heterocycles. The van der Waals surface area contributed by atoms with Gasteiger partial charge < -0.3 is 10.4 Å². The second-order valence-corrected chi connectivity index (χ2v) is 4.59. The SMILES string of the molecule is CC(NCC1(CCO)CC1)c1ccn[nH]1. The van der Waals surface area contributed by atoms with Crippen molar-refractivity contribution in [3.8, 4) is 0 Å². The van der Waals surface area contributed by atoms with Crippen LogP contribution in [-0.4, -0.2) is 28.5 Å². The summed E-state index contributed by atoms with van der Waals surface area (Å²) in [4.78, 5) is 0. The second kappa shape index (κ2) is 4.33. The van der Waals surface area contributed by atoms with Crippen LogP contribution < -0.4 is 5.32 Å². The van der Waals surface area contributed by atoms with Gasteiger partial charge in [0.05, 0.1) is 5.69 Å². The van der Waals surface area contributed by atoms with Crippen molar-refractivity contribution >= 4 is 0 Å². The fourth-order valence-electron chi connectivity index (χ4n) is 1.92. The van der Waals surface area contributed by atoms with E-state index in [1.807, 2.05) is 6.07 Å². The lowest BCUT2D eigenvalue weighted by Crippen LogP contribution is -2.27. The average Bonchev–Trinajstić information content (AvgIpc) is 2.81. The van der Waals surface area contributed by atoms with Gasteiger partial charge in [-0.1, -0.05) is 0 Å². The number of aliphatic hydroxyl groups is 1. The van der Waals surface area contributed by atoms with Crippen molar-refractivity contribution in [3.05, 3.63) is 18.0 Å². The van der Waals surface area contributed by atoms with E-state index in [2.05, 4.69) is 22.4 Å². The van der Waals surface area contributed by atoms with Crippen molar-refractivity contribution in [1.82, 2.24) is 15.5 Å². The van der Waals surface area contributed by atoms with Gasteiger partial charge in [-0.05, 0) is 37.7 Å². The number of aromatic amines is 1. The van der Waals surface area contributed by atoms with Crippen LogP contribution >= 0.6 is 0 Å². The van der Waals surface area contributed by atoms with Gasteiger partial charge >= 0.3 is 0 Å². The van der Waals surface area contributed by atoms with E-state index in [0.29, 0.717) is 18.1 Å². The number of hydrogen-bond donors (Lipinski definition) is 3. The molecule has 1 unspecified atom stereocenters. The molecule has 1 aromatic rings. The lowest BCUT2D eigenvalue weighted by molar-refractivity contribution is 0.242. The summed E-state index contributed by atoms with van der Waals surface area (Å²) in [5.41, 5.74) is 1.50. The Morgan fingerprint density at radius 1 is 1.67 bits per heavy atom. The summed E-state index contributed by atoms with van der Waals surface area (Å²) < 4.78 is 0. The first-order valence-electron chi connectivity index (χ1n) is 5.59. The average molecular weight is 209 g/mol. The fourth-order valence-corrected chi connectivity index (χ4v) is 1.92. The normalized spacial score (nSPS) is 20.1. The van der Waals surface area contributed by atoms with Crippen molar-refractivity contribution < 1.29 is 5.11 Å². The van der Waals surface area contributed by atoms with Gasteiger partial charge in [-0.2, -0.15) is 5.10 Å². The van der Waals surface area contributed by atoms with E-state index in [1.54, 1.807) is 6.20 Å². The quantitative estimate of drug-likeness (QED) is 0.660. The molecule has 1 fully saturated rings. The molecule has 0 bridgehead atoms. The zero-order valence-electron chi connectivity index (χ0n) is 9.16. The largest absolute Gasteiger partial charge is 0.396 e. The van der Waals surface area contributed by atoms with Crippen LogP contribution in [0.3, 0.4) is 0 Å². The van der Waals surface area contributed by atoms with E-state index in [0.717, 1.165) is 18.7 Å². The number of aliphatic hydroxyl groups excluding tert-OH is 1. The van der Waals surface area contributed by atoms with Crippen LogP contribution in [-0.2, 0) is 0 Å². The van der Waals surface area contributed by atoms with Gasteiger partial charge in [-0.15, -0.1) is 0 Å². The van der Waals surface area contributed by atoms with Gasteiger partial charge in [0.2, 0.25) is 0 Å². The van der Waals surface area contributed by atoms with Gasteiger partial charge in [-0.3, -0.25) is 5.10 Å². The van der Waals surface area contributed by atoms with E-state index in [9.17, 15) is 0 Å². The lowest BCUT2D eigenvalue weighted by atomic mass is 10.0. The number of aromatic nitrogens is 2. The van der Waals surface area contributed by atoms with Gasteiger partial charge in [0, 0.05) is 25.4 Å². The van der Waals surface area contributed by atoms with Crippen LogP contribution in [0.4, 0.5) is 0 Å². The molecule has 1 saturated carbocycles. The van der Waals surface area contributed by atoms with Crippen molar-refractivity contribution in [3.63, 3.8) is 0 Å². The van der Waals surface area contributed by atoms with Crippen LogP contribution in [0.1, 0.15) is 37.9 Å². The third kappa shape index (κ3) is 2.58. The molecule has 4 nitrogen and oxygen atoms in total. The Morgan fingerprint density at radius 2 is 2.47 bits per heavy atom. The van der Waals surface area contributed by atoms with Crippen LogP contribution in [0.2, 0.25) is 0 Å². The molecule has 1 heterocycles. The smallest absolute Gasteiger partial charge is 0.0518 e. The Hall–Kier alpha value is -0.870. The molecule has 4 heteroatoms. The van der Waals surface area contributed by atoms with Crippen LogP contribution in [0.15, 0.2) is 12.3 Å². The Labute approximate surface area is 90.1 Å². The summed E-state index contributed by atoms with van der Waals surface area (Å²) in [5, 5.41) is 19.3. The predicted molar refractivity (Wildman–Crippen MR) is 58.4 cm³/mol. The third-order valence-corrected chi connectivity index (χ3v) is 3.37. The molecule has 2 rings (SSSR count). The van der Waals surface area contributed by atoms with E-state index in [4.69, 9.17) is 5.11 Å². The highest BCUT2D eigenvalue weighted by atomic mass is 16.3. The maximum atomic E-state index is 8.95. The van der Waals surface area contributed by atoms with Gasteiger partial charge in [0.1, 0.15) is 0 Å². The van der Waals surface area contributed by atoms with Crippen molar-refractivity contribution in [1.29, 1.82) is 0 Å². The molecule has 0 radical (unpaired) electrons. The lowest BCUT2D eigenvalue weighted by Gasteiger charge is -2.18. The molecule has 0 saturated heterocycles. The highest BCUT2D eigenvalue weighted by Gasteiger charge is 2.41. The van der Waals surface area contributed by atoms with Crippen molar-refractivity contribution in [2.75, 3.05) is 13.2 Å². The Kier molecular flexibility index (Phi) is 3.07. The van der Waals surface area contributed by atoms with Crippen molar-refractivity contribution in [2.24, 2.45) is 5.41 Å². The molecule has 84 valence electrons. The Morgan fingerprint density at radius 3 is 3.00 bits per heavy atom. The molecule has 0 amide bonds. The monoisotopic (exact) mass is 209 g/mol. The Balaban J connectivity index is 1.78. The summed E-state index contributed by atoms with van der Waals surface area (Å²) in [5.74, 6) is 0. The predicted octanol–water partition coefficient (Wildman–Crippen LogP) is 1.22. The maximum absolute atomic E-state index is 8.95. The van der Waals surface area contributed by atoms with Gasteiger partial charge in [0.25, 0.3) is 0 Å². The number of nitrogens with zero attached hydrogens (tertiary/aromatic N) is 1. The number of nitrogens with one attached hydrogen (secondary N) is 2. The first-order valence-corrected chi connectivity index (χ1v) is 5.59. The molecule has 3 N–H and O–H groups in total. The van der Waals surface area contributed by atoms with Crippen LogP contribution in [0, 0.1) is 5.41 Å². The molecular weight excluding hydrogens is 190 g/mol. The molecule has 1 aliphatic rings. The van der Waals surface area contributed by atoms with E-state index < -0.39 is 0 Å². The molecule has 1 aliphatic carbocycles. The highest BCUT2D eigenvalue weighted by molar-refractivity contribution is 5.04. The van der Waals surface area contributed by atoms with E-state index in [-0.39, 0.29) is 0 Å². The Bertz CT molecular complexity index is 293. The molecule has 1 atom stereocenters. The standard InChI is InChI=1S/C11H19N3O/c1-9(10-2-6-13-14-10)12-8-11(3-4-11)5-7-15/h2,6,9,12,15H,3-5,7-8H2,1H3,(H,13,14). The molecule has 0 aromatic carbocycles. The topological polar surface area (TPSA) is 60.9 Å². The molecule has 0 spiro atoms. The maximum Gasteiger partial charge on any atom is 0.0518 e. The number of H-pyrrole nitrogens is 1. The minimum atomic E-state index is 0.306. The summed E-state index contributed by atoms with van der Waals surface area (Å²) >= 11 is 0. The van der Waals surface area contributed by atoms with Crippen LogP contribution in [0.25, 0.3) is 0 Å².